The van der Waals surface area contributed by atoms with E-state index in [4.69, 9.17) is 0 Å². The molecule has 0 amide bonds. The summed E-state index contributed by atoms with van der Waals surface area (Å²) < 4.78 is 0.975. The highest BCUT2D eigenvalue weighted by atomic mass is 79.9. The quantitative estimate of drug-likeness (QED) is 0.487. The summed E-state index contributed by atoms with van der Waals surface area (Å²) in [7, 11) is 0. The molecule has 104 valence electrons. The third-order valence-corrected chi connectivity index (χ3v) is 4.55. The van der Waals surface area contributed by atoms with Crippen molar-refractivity contribution in [1.82, 2.24) is 4.98 Å². The Labute approximate surface area is 135 Å². The smallest absolute Gasteiger partial charge is 0.173 e. The van der Waals surface area contributed by atoms with Crippen molar-refractivity contribution in [2.75, 3.05) is 5.75 Å². The van der Waals surface area contributed by atoms with E-state index in [0.29, 0.717) is 5.75 Å². The minimum atomic E-state index is 0.113. The average molecular weight is 358 g/mol. The summed E-state index contributed by atoms with van der Waals surface area (Å²) in [5.74, 6) is 0.509. The molecule has 0 aliphatic rings. The fraction of sp³-hybridized carbons (Fsp3) is 0.0588. The van der Waals surface area contributed by atoms with Gasteiger partial charge in [-0.25, -0.2) is 4.98 Å². The van der Waals surface area contributed by atoms with Gasteiger partial charge in [-0.3, -0.25) is 4.79 Å². The van der Waals surface area contributed by atoms with Crippen molar-refractivity contribution in [2.24, 2.45) is 0 Å². The first-order valence-electron chi connectivity index (χ1n) is 6.50. The van der Waals surface area contributed by atoms with Gasteiger partial charge in [0.05, 0.1) is 16.3 Å². The molecule has 3 rings (SSSR count). The van der Waals surface area contributed by atoms with E-state index in [-0.39, 0.29) is 5.78 Å². The van der Waals surface area contributed by atoms with Gasteiger partial charge in [-0.05, 0) is 24.3 Å². The molecular formula is C17H12BrNOS. The van der Waals surface area contributed by atoms with Gasteiger partial charge in [0.25, 0.3) is 0 Å². The molecular weight excluding hydrogens is 346 g/mol. The molecule has 0 saturated heterocycles. The molecule has 0 spiro atoms. The zero-order valence-electron chi connectivity index (χ0n) is 11.1. The number of aromatic nitrogens is 1. The van der Waals surface area contributed by atoms with Crippen LogP contribution in [0.2, 0.25) is 0 Å². The van der Waals surface area contributed by atoms with E-state index >= 15 is 0 Å². The highest BCUT2D eigenvalue weighted by molar-refractivity contribution is 9.10. The predicted molar refractivity (Wildman–Crippen MR) is 90.9 cm³/mol. The zero-order valence-corrected chi connectivity index (χ0v) is 13.5. The standard InChI is InChI=1S/C17H12BrNOS/c18-14-8-5-13(6-9-14)16(20)11-21-17-10-7-12-3-1-2-4-15(12)19-17/h1-10H,11H2. The molecule has 0 saturated carbocycles. The number of para-hydroxylation sites is 1. The molecule has 0 atom stereocenters. The van der Waals surface area contributed by atoms with Crippen LogP contribution in [0.25, 0.3) is 10.9 Å². The number of hydrogen-bond donors (Lipinski definition) is 0. The first kappa shape index (κ1) is 14.3. The summed E-state index contributed by atoms with van der Waals surface area (Å²) in [6.45, 7) is 0. The molecule has 0 N–H and O–H groups in total. The van der Waals surface area contributed by atoms with E-state index in [0.717, 1.165) is 26.0 Å². The van der Waals surface area contributed by atoms with Crippen LogP contribution in [0, 0.1) is 0 Å². The number of benzene rings is 2. The minimum absolute atomic E-state index is 0.113. The van der Waals surface area contributed by atoms with Crippen LogP contribution in [0.3, 0.4) is 0 Å². The van der Waals surface area contributed by atoms with Crippen molar-refractivity contribution in [3.8, 4) is 0 Å². The largest absolute Gasteiger partial charge is 0.293 e. The number of rotatable bonds is 4. The lowest BCUT2D eigenvalue weighted by atomic mass is 10.2. The molecule has 0 bridgehead atoms. The van der Waals surface area contributed by atoms with Crippen LogP contribution in [0.5, 0.6) is 0 Å². The highest BCUT2D eigenvalue weighted by Crippen LogP contribution is 2.21. The second-order valence-electron chi connectivity index (χ2n) is 4.56. The molecule has 0 aliphatic carbocycles. The Hall–Kier alpha value is -1.65. The first-order chi connectivity index (χ1) is 10.2. The van der Waals surface area contributed by atoms with Crippen LogP contribution in [0.1, 0.15) is 10.4 Å². The van der Waals surface area contributed by atoms with Crippen molar-refractivity contribution in [2.45, 2.75) is 5.03 Å². The van der Waals surface area contributed by atoms with Gasteiger partial charge in [-0.1, -0.05) is 64.1 Å². The number of carbonyl (C=O) groups is 1. The number of thioether (sulfide) groups is 1. The van der Waals surface area contributed by atoms with E-state index in [1.165, 1.54) is 11.8 Å². The van der Waals surface area contributed by atoms with Crippen molar-refractivity contribution >= 4 is 44.4 Å². The molecule has 0 fully saturated rings. The Kier molecular flexibility index (Phi) is 4.36. The van der Waals surface area contributed by atoms with Gasteiger partial charge in [0.1, 0.15) is 0 Å². The number of ketones is 1. The molecule has 1 heterocycles. The van der Waals surface area contributed by atoms with Crippen LogP contribution < -0.4 is 0 Å². The molecule has 0 radical (unpaired) electrons. The van der Waals surface area contributed by atoms with E-state index in [1.807, 2.05) is 60.7 Å². The van der Waals surface area contributed by atoms with E-state index in [2.05, 4.69) is 20.9 Å². The Morgan fingerprint density at radius 3 is 2.57 bits per heavy atom. The molecule has 21 heavy (non-hydrogen) atoms. The number of hydrogen-bond acceptors (Lipinski definition) is 3. The fourth-order valence-corrected chi connectivity index (χ4v) is 3.02. The third kappa shape index (κ3) is 3.52. The summed E-state index contributed by atoms with van der Waals surface area (Å²) >= 11 is 4.84. The fourth-order valence-electron chi connectivity index (χ4n) is 1.99. The van der Waals surface area contributed by atoms with Crippen LogP contribution in [-0.2, 0) is 0 Å². The lowest BCUT2D eigenvalue weighted by Crippen LogP contribution is -2.02. The van der Waals surface area contributed by atoms with Gasteiger partial charge in [-0.2, -0.15) is 0 Å². The monoisotopic (exact) mass is 357 g/mol. The average Bonchev–Trinajstić information content (AvgIpc) is 2.53. The summed E-state index contributed by atoms with van der Waals surface area (Å²) in [5.41, 5.74) is 1.69. The van der Waals surface area contributed by atoms with Crippen LogP contribution in [0.4, 0.5) is 0 Å². The number of fused-ring (bicyclic) bond motifs is 1. The number of pyridine rings is 1. The number of Topliss-reactive ketones (excluding diaryl/α,β-unsaturated/α-hetero) is 1. The van der Waals surface area contributed by atoms with Crippen molar-refractivity contribution < 1.29 is 4.79 Å². The second-order valence-corrected chi connectivity index (χ2v) is 6.47. The predicted octanol–water partition coefficient (Wildman–Crippen LogP) is 4.97. The molecule has 0 aliphatic heterocycles. The van der Waals surface area contributed by atoms with Gasteiger partial charge in [0, 0.05) is 15.4 Å². The minimum Gasteiger partial charge on any atom is -0.293 e. The van der Waals surface area contributed by atoms with E-state index in [9.17, 15) is 4.79 Å². The van der Waals surface area contributed by atoms with Gasteiger partial charge in [-0.15, -0.1) is 0 Å². The topological polar surface area (TPSA) is 30.0 Å². The maximum atomic E-state index is 12.1. The van der Waals surface area contributed by atoms with Crippen LogP contribution in [-0.4, -0.2) is 16.5 Å². The summed E-state index contributed by atoms with van der Waals surface area (Å²) in [6.07, 6.45) is 0. The lowest BCUT2D eigenvalue weighted by Gasteiger charge is -2.03. The van der Waals surface area contributed by atoms with Crippen molar-refractivity contribution in [3.63, 3.8) is 0 Å². The van der Waals surface area contributed by atoms with Crippen LogP contribution >= 0.6 is 27.7 Å². The molecule has 4 heteroatoms. The van der Waals surface area contributed by atoms with E-state index in [1.54, 1.807) is 0 Å². The Balaban J connectivity index is 1.71. The molecule has 0 unspecified atom stereocenters. The van der Waals surface area contributed by atoms with Gasteiger partial charge in [0.2, 0.25) is 0 Å². The molecule has 3 aromatic rings. The summed E-state index contributed by atoms with van der Waals surface area (Å²) in [4.78, 5) is 16.7. The summed E-state index contributed by atoms with van der Waals surface area (Å²) in [6, 6.07) is 19.4. The van der Waals surface area contributed by atoms with Gasteiger partial charge in [0.15, 0.2) is 5.78 Å². The Morgan fingerprint density at radius 2 is 1.76 bits per heavy atom. The molecule has 2 aromatic carbocycles. The number of nitrogens with zero attached hydrogens (tertiary/aromatic N) is 1. The first-order valence-corrected chi connectivity index (χ1v) is 8.27. The van der Waals surface area contributed by atoms with Crippen molar-refractivity contribution in [3.05, 3.63) is 70.7 Å². The Morgan fingerprint density at radius 1 is 1.00 bits per heavy atom. The number of halogens is 1. The third-order valence-electron chi connectivity index (χ3n) is 3.09. The molecule has 1 aromatic heterocycles. The van der Waals surface area contributed by atoms with Gasteiger partial charge >= 0.3 is 0 Å². The SMILES string of the molecule is O=C(CSc1ccc2ccccc2n1)c1ccc(Br)cc1. The highest BCUT2D eigenvalue weighted by Gasteiger charge is 2.07. The molecule has 2 nitrogen and oxygen atoms in total. The summed E-state index contributed by atoms with van der Waals surface area (Å²) in [5, 5.41) is 1.99. The van der Waals surface area contributed by atoms with Crippen molar-refractivity contribution in [1.29, 1.82) is 0 Å². The maximum absolute atomic E-state index is 12.1. The number of carbonyl (C=O) groups excluding carboxylic acids is 1. The zero-order chi connectivity index (χ0) is 14.7. The van der Waals surface area contributed by atoms with Gasteiger partial charge < -0.3 is 0 Å². The second kappa shape index (κ2) is 6.41. The van der Waals surface area contributed by atoms with E-state index < -0.39 is 0 Å². The normalized spacial score (nSPS) is 10.7. The maximum Gasteiger partial charge on any atom is 0.173 e. The lowest BCUT2D eigenvalue weighted by molar-refractivity contribution is 0.102. The van der Waals surface area contributed by atoms with Crippen LogP contribution in [0.15, 0.2) is 70.2 Å². The Bertz CT molecular complexity index is 786.